The summed E-state index contributed by atoms with van der Waals surface area (Å²) < 4.78 is 43.7. The first-order valence-corrected chi connectivity index (χ1v) is 5.27. The van der Waals surface area contributed by atoms with E-state index in [-0.39, 0.29) is 17.3 Å². The van der Waals surface area contributed by atoms with Gasteiger partial charge in [-0.15, -0.1) is 0 Å². The number of hydrogen-bond acceptors (Lipinski definition) is 4. The maximum absolute atomic E-state index is 13.0. The summed E-state index contributed by atoms with van der Waals surface area (Å²) in [4.78, 5) is 3.90. The van der Waals surface area contributed by atoms with Gasteiger partial charge in [0.2, 0.25) is 11.7 Å². The molecule has 18 heavy (non-hydrogen) atoms. The summed E-state index contributed by atoms with van der Waals surface area (Å²) >= 11 is 0. The zero-order valence-electron chi connectivity index (χ0n) is 9.45. The molecule has 0 radical (unpaired) electrons. The zero-order valence-corrected chi connectivity index (χ0v) is 9.45. The highest BCUT2D eigenvalue weighted by molar-refractivity contribution is 5.54. The van der Waals surface area contributed by atoms with E-state index in [1.807, 2.05) is 6.92 Å². The summed E-state index contributed by atoms with van der Waals surface area (Å²) in [5, 5.41) is 3.55. The van der Waals surface area contributed by atoms with Crippen molar-refractivity contribution >= 4 is 0 Å². The average Bonchev–Trinajstić information content (AvgIpc) is 2.84. The van der Waals surface area contributed by atoms with Crippen LogP contribution in [-0.2, 0) is 0 Å². The first kappa shape index (κ1) is 12.6. The van der Waals surface area contributed by atoms with Gasteiger partial charge in [0.05, 0.1) is 6.04 Å². The molecule has 0 aliphatic carbocycles. The third kappa shape index (κ3) is 2.21. The first-order chi connectivity index (χ1) is 8.52. The number of nitrogens with zero attached hydrogens (tertiary/aromatic N) is 2. The molecule has 0 aliphatic heterocycles. The van der Waals surface area contributed by atoms with Gasteiger partial charge in [0.25, 0.3) is 0 Å². The molecule has 0 spiro atoms. The summed E-state index contributed by atoms with van der Waals surface area (Å²) in [5.41, 5.74) is 5.66. The fraction of sp³-hybridized carbons (Fsp3) is 0.273. The van der Waals surface area contributed by atoms with Crippen LogP contribution in [0.5, 0.6) is 0 Å². The lowest BCUT2D eigenvalue weighted by atomic mass is 10.2. The molecule has 2 rings (SSSR count). The quantitative estimate of drug-likeness (QED) is 0.858. The molecule has 0 fully saturated rings. The number of nitrogens with two attached hydrogens (primary N) is 1. The van der Waals surface area contributed by atoms with E-state index in [0.29, 0.717) is 6.42 Å². The Balaban J connectivity index is 2.40. The van der Waals surface area contributed by atoms with Crippen molar-refractivity contribution in [3.63, 3.8) is 0 Å². The van der Waals surface area contributed by atoms with Crippen LogP contribution < -0.4 is 5.73 Å². The fourth-order valence-electron chi connectivity index (χ4n) is 1.36. The molecular formula is C11H10F3N3O. The third-order valence-electron chi connectivity index (χ3n) is 2.44. The molecule has 1 aromatic carbocycles. The van der Waals surface area contributed by atoms with E-state index in [1.54, 1.807) is 0 Å². The van der Waals surface area contributed by atoms with Gasteiger partial charge < -0.3 is 10.3 Å². The molecule has 1 aromatic heterocycles. The van der Waals surface area contributed by atoms with Crippen molar-refractivity contribution < 1.29 is 17.7 Å². The predicted octanol–water partition coefficient (Wildman–Crippen LogP) is 2.56. The van der Waals surface area contributed by atoms with Gasteiger partial charge in [-0.1, -0.05) is 12.1 Å². The Morgan fingerprint density at radius 3 is 2.44 bits per heavy atom. The van der Waals surface area contributed by atoms with E-state index in [0.717, 1.165) is 12.1 Å². The number of aromatic nitrogens is 2. The van der Waals surface area contributed by atoms with Crippen molar-refractivity contribution in [3.05, 3.63) is 35.5 Å². The molecule has 1 heterocycles. The SMILES string of the molecule is CC[C@@H](N)c1nc(-c2cc(F)c(F)c(F)c2)no1. The van der Waals surface area contributed by atoms with Crippen LogP contribution in [0.15, 0.2) is 16.7 Å². The van der Waals surface area contributed by atoms with E-state index in [4.69, 9.17) is 10.3 Å². The molecule has 0 saturated heterocycles. The molecule has 2 aromatic rings. The molecule has 0 saturated carbocycles. The van der Waals surface area contributed by atoms with E-state index in [2.05, 4.69) is 10.1 Å². The maximum Gasteiger partial charge on any atom is 0.243 e. The minimum Gasteiger partial charge on any atom is -0.337 e. The highest BCUT2D eigenvalue weighted by Gasteiger charge is 2.17. The van der Waals surface area contributed by atoms with Gasteiger partial charge in [0.1, 0.15) is 0 Å². The highest BCUT2D eigenvalue weighted by atomic mass is 19.2. The monoisotopic (exact) mass is 257 g/mol. The van der Waals surface area contributed by atoms with Crippen LogP contribution in [0, 0.1) is 17.5 Å². The van der Waals surface area contributed by atoms with Crippen molar-refractivity contribution in [1.82, 2.24) is 10.1 Å². The number of benzene rings is 1. The van der Waals surface area contributed by atoms with E-state index < -0.39 is 23.5 Å². The Morgan fingerprint density at radius 1 is 1.28 bits per heavy atom. The molecule has 0 bridgehead atoms. The van der Waals surface area contributed by atoms with Gasteiger partial charge in [-0.25, -0.2) is 13.2 Å². The molecule has 1 atom stereocenters. The van der Waals surface area contributed by atoms with Crippen LogP contribution in [0.25, 0.3) is 11.4 Å². The lowest BCUT2D eigenvalue weighted by Crippen LogP contribution is -2.08. The fourth-order valence-corrected chi connectivity index (χ4v) is 1.36. The van der Waals surface area contributed by atoms with Gasteiger partial charge in [0.15, 0.2) is 17.5 Å². The third-order valence-corrected chi connectivity index (χ3v) is 2.44. The molecule has 2 N–H and O–H groups in total. The van der Waals surface area contributed by atoms with Gasteiger partial charge >= 0.3 is 0 Å². The maximum atomic E-state index is 13.0. The van der Waals surface area contributed by atoms with Crippen LogP contribution in [0.3, 0.4) is 0 Å². The molecule has 0 amide bonds. The Morgan fingerprint density at radius 2 is 1.89 bits per heavy atom. The van der Waals surface area contributed by atoms with Crippen molar-refractivity contribution in [1.29, 1.82) is 0 Å². The molecule has 7 heteroatoms. The second-order valence-electron chi connectivity index (χ2n) is 3.72. The second kappa shape index (κ2) is 4.77. The van der Waals surface area contributed by atoms with Crippen molar-refractivity contribution in [2.45, 2.75) is 19.4 Å². The van der Waals surface area contributed by atoms with Crippen molar-refractivity contribution in [3.8, 4) is 11.4 Å². The van der Waals surface area contributed by atoms with Crippen LogP contribution in [0.4, 0.5) is 13.2 Å². The predicted molar refractivity (Wildman–Crippen MR) is 56.8 cm³/mol. The van der Waals surface area contributed by atoms with Crippen LogP contribution in [0.2, 0.25) is 0 Å². The van der Waals surface area contributed by atoms with Crippen LogP contribution in [0.1, 0.15) is 25.3 Å². The Labute approximate surface area is 101 Å². The summed E-state index contributed by atoms with van der Waals surface area (Å²) in [6, 6.07) is 1.15. The summed E-state index contributed by atoms with van der Waals surface area (Å²) in [6.07, 6.45) is 0.577. The van der Waals surface area contributed by atoms with E-state index >= 15 is 0 Å². The Hall–Kier alpha value is -1.89. The standard InChI is InChI=1S/C11H10F3N3O/c1-2-8(15)11-16-10(17-18-11)5-3-6(12)9(14)7(13)4-5/h3-4,8H,2,15H2,1H3/t8-/m1/s1. The number of hydrogen-bond donors (Lipinski definition) is 1. The topological polar surface area (TPSA) is 64.9 Å². The normalized spacial score (nSPS) is 12.7. The van der Waals surface area contributed by atoms with E-state index in [1.165, 1.54) is 0 Å². The minimum absolute atomic E-state index is 0.00953. The zero-order chi connectivity index (χ0) is 13.3. The molecule has 0 aliphatic rings. The van der Waals surface area contributed by atoms with Crippen molar-refractivity contribution in [2.24, 2.45) is 5.73 Å². The Kier molecular flexibility index (Phi) is 3.33. The minimum atomic E-state index is -1.53. The lowest BCUT2D eigenvalue weighted by molar-refractivity contribution is 0.352. The van der Waals surface area contributed by atoms with Crippen molar-refractivity contribution in [2.75, 3.05) is 0 Å². The molecular weight excluding hydrogens is 247 g/mol. The van der Waals surface area contributed by atoms with Crippen LogP contribution >= 0.6 is 0 Å². The molecule has 96 valence electrons. The number of halogens is 3. The van der Waals surface area contributed by atoms with Gasteiger partial charge in [0, 0.05) is 5.56 Å². The highest BCUT2D eigenvalue weighted by Crippen LogP contribution is 2.22. The second-order valence-corrected chi connectivity index (χ2v) is 3.72. The van der Waals surface area contributed by atoms with Crippen LogP contribution in [-0.4, -0.2) is 10.1 Å². The average molecular weight is 257 g/mol. The summed E-state index contributed by atoms with van der Waals surface area (Å²) in [5.74, 6) is -4.02. The van der Waals surface area contributed by atoms with Gasteiger partial charge in [-0.05, 0) is 18.6 Å². The summed E-state index contributed by atoms with van der Waals surface area (Å²) in [6.45, 7) is 1.83. The van der Waals surface area contributed by atoms with Gasteiger partial charge in [-0.2, -0.15) is 4.98 Å². The smallest absolute Gasteiger partial charge is 0.243 e. The van der Waals surface area contributed by atoms with E-state index in [9.17, 15) is 13.2 Å². The van der Waals surface area contributed by atoms with Gasteiger partial charge in [-0.3, -0.25) is 0 Å². The number of rotatable bonds is 3. The summed E-state index contributed by atoms with van der Waals surface area (Å²) in [7, 11) is 0. The largest absolute Gasteiger partial charge is 0.337 e. The Bertz CT molecular complexity index is 547. The first-order valence-electron chi connectivity index (χ1n) is 5.27. The lowest BCUT2D eigenvalue weighted by Gasteiger charge is -2.00. The molecule has 4 nitrogen and oxygen atoms in total. The molecule has 0 unspecified atom stereocenters.